The first-order valence-corrected chi connectivity index (χ1v) is 6.89. The van der Waals surface area contributed by atoms with Gasteiger partial charge in [-0.2, -0.15) is 0 Å². The first-order valence-electron chi connectivity index (χ1n) is 5.68. The molecular formula is C13H17BrN2OS. The van der Waals surface area contributed by atoms with Crippen LogP contribution in [-0.2, 0) is 4.79 Å². The second kappa shape index (κ2) is 5.80. The molecule has 0 radical (unpaired) electrons. The number of nitrogens with one attached hydrogen (secondary N) is 1. The molecule has 0 bridgehead atoms. The Balaban J connectivity index is 3.00. The minimum absolute atomic E-state index is 0.177. The summed E-state index contributed by atoms with van der Waals surface area (Å²) in [6.07, 6.45) is 0.567. The maximum Gasteiger partial charge on any atom is 0.237 e. The monoisotopic (exact) mass is 328 g/mol. The van der Waals surface area contributed by atoms with Gasteiger partial charge in [0, 0.05) is 4.47 Å². The van der Waals surface area contributed by atoms with E-state index >= 15 is 0 Å². The molecule has 0 spiro atoms. The fourth-order valence-corrected chi connectivity index (χ4v) is 2.02. The average Bonchev–Trinajstić information content (AvgIpc) is 2.32. The molecule has 1 atom stereocenters. The van der Waals surface area contributed by atoms with Crippen molar-refractivity contribution in [3.8, 4) is 0 Å². The molecule has 5 heteroatoms. The topological polar surface area (TPSA) is 55.1 Å². The van der Waals surface area contributed by atoms with Crippen LogP contribution in [0.3, 0.4) is 0 Å². The standard InChI is InChI=1S/C13H17BrN2OS/c1-4-13(3,11(15)18)12(17)16-10-7-8(2)5-6-9(10)14/h5-7H,4H2,1-3H3,(H2,15,18)(H,16,17). The number of benzene rings is 1. The summed E-state index contributed by atoms with van der Waals surface area (Å²) in [6, 6.07) is 5.76. The van der Waals surface area contributed by atoms with E-state index in [2.05, 4.69) is 21.2 Å². The van der Waals surface area contributed by atoms with Gasteiger partial charge in [-0.05, 0) is 53.9 Å². The first kappa shape index (κ1) is 15.1. The highest BCUT2D eigenvalue weighted by Crippen LogP contribution is 2.28. The molecule has 3 nitrogen and oxygen atoms in total. The Labute approximate surface area is 121 Å². The summed E-state index contributed by atoms with van der Waals surface area (Å²) >= 11 is 8.39. The van der Waals surface area contributed by atoms with Crippen LogP contribution in [0.2, 0.25) is 0 Å². The summed E-state index contributed by atoms with van der Waals surface area (Å²) < 4.78 is 0.836. The van der Waals surface area contributed by atoms with Gasteiger partial charge in [-0.25, -0.2) is 0 Å². The zero-order chi connectivity index (χ0) is 13.9. The van der Waals surface area contributed by atoms with E-state index < -0.39 is 5.41 Å². The molecule has 98 valence electrons. The summed E-state index contributed by atoms with van der Waals surface area (Å²) in [5.41, 5.74) is 6.65. The van der Waals surface area contributed by atoms with Crippen molar-refractivity contribution in [2.75, 3.05) is 5.32 Å². The van der Waals surface area contributed by atoms with Gasteiger partial charge in [-0.15, -0.1) is 0 Å². The molecular weight excluding hydrogens is 312 g/mol. The van der Waals surface area contributed by atoms with Crippen molar-refractivity contribution in [3.05, 3.63) is 28.2 Å². The van der Waals surface area contributed by atoms with E-state index in [4.69, 9.17) is 18.0 Å². The number of thiocarbonyl (C=S) groups is 1. The van der Waals surface area contributed by atoms with E-state index in [1.54, 1.807) is 6.92 Å². The number of carbonyl (C=O) groups is 1. The number of anilines is 1. The lowest BCUT2D eigenvalue weighted by Crippen LogP contribution is -2.43. The Morgan fingerprint density at radius 3 is 2.67 bits per heavy atom. The minimum Gasteiger partial charge on any atom is -0.392 e. The van der Waals surface area contributed by atoms with Crippen molar-refractivity contribution in [2.45, 2.75) is 27.2 Å². The molecule has 0 aliphatic heterocycles. The number of hydrogen-bond acceptors (Lipinski definition) is 2. The Morgan fingerprint density at radius 1 is 1.56 bits per heavy atom. The van der Waals surface area contributed by atoms with Crippen molar-refractivity contribution in [2.24, 2.45) is 11.1 Å². The minimum atomic E-state index is -0.821. The number of aryl methyl sites for hydroxylation is 1. The molecule has 0 fully saturated rings. The molecule has 0 heterocycles. The average molecular weight is 329 g/mol. The summed E-state index contributed by atoms with van der Waals surface area (Å²) in [4.78, 5) is 12.5. The van der Waals surface area contributed by atoms with Gasteiger partial charge in [0.2, 0.25) is 5.91 Å². The van der Waals surface area contributed by atoms with Gasteiger partial charge >= 0.3 is 0 Å². The third-order valence-electron chi connectivity index (χ3n) is 3.12. The van der Waals surface area contributed by atoms with Crippen molar-refractivity contribution >= 4 is 44.7 Å². The van der Waals surface area contributed by atoms with Crippen molar-refractivity contribution in [1.29, 1.82) is 0 Å². The van der Waals surface area contributed by atoms with Gasteiger partial charge < -0.3 is 11.1 Å². The van der Waals surface area contributed by atoms with E-state index in [0.29, 0.717) is 6.42 Å². The maximum absolute atomic E-state index is 12.3. The molecule has 1 amide bonds. The van der Waals surface area contributed by atoms with E-state index in [0.717, 1.165) is 15.7 Å². The third kappa shape index (κ3) is 3.09. The van der Waals surface area contributed by atoms with Gasteiger partial charge in [0.25, 0.3) is 0 Å². The van der Waals surface area contributed by atoms with Crippen LogP contribution in [0.5, 0.6) is 0 Å². The van der Waals surface area contributed by atoms with Crippen LogP contribution in [0.15, 0.2) is 22.7 Å². The SMILES string of the molecule is CCC(C)(C(=O)Nc1cc(C)ccc1Br)C(N)=S. The Hall–Kier alpha value is -0.940. The van der Waals surface area contributed by atoms with Gasteiger partial charge in [0.15, 0.2) is 0 Å². The van der Waals surface area contributed by atoms with E-state index in [1.807, 2.05) is 32.0 Å². The second-order valence-electron chi connectivity index (χ2n) is 4.49. The molecule has 1 aromatic rings. The number of nitrogens with two attached hydrogens (primary N) is 1. The van der Waals surface area contributed by atoms with Gasteiger partial charge in [-0.3, -0.25) is 4.79 Å². The molecule has 0 saturated heterocycles. The van der Waals surface area contributed by atoms with Crippen LogP contribution >= 0.6 is 28.1 Å². The molecule has 0 aromatic heterocycles. The fraction of sp³-hybridized carbons (Fsp3) is 0.385. The molecule has 1 aromatic carbocycles. The van der Waals surface area contributed by atoms with Crippen LogP contribution < -0.4 is 11.1 Å². The number of rotatable bonds is 4. The van der Waals surface area contributed by atoms with Crippen LogP contribution in [0.4, 0.5) is 5.69 Å². The second-order valence-corrected chi connectivity index (χ2v) is 5.78. The fourth-order valence-electron chi connectivity index (χ4n) is 1.44. The van der Waals surface area contributed by atoms with Crippen molar-refractivity contribution in [1.82, 2.24) is 0 Å². The van der Waals surface area contributed by atoms with Gasteiger partial charge in [0.1, 0.15) is 0 Å². The highest BCUT2D eigenvalue weighted by Gasteiger charge is 2.34. The number of carbonyl (C=O) groups excluding carboxylic acids is 1. The lowest BCUT2D eigenvalue weighted by atomic mass is 9.86. The van der Waals surface area contributed by atoms with E-state index in [-0.39, 0.29) is 10.9 Å². The van der Waals surface area contributed by atoms with E-state index in [1.165, 1.54) is 0 Å². The molecule has 0 aliphatic carbocycles. The summed E-state index contributed by atoms with van der Waals surface area (Å²) in [5.74, 6) is -0.177. The molecule has 18 heavy (non-hydrogen) atoms. The molecule has 0 aliphatic rings. The van der Waals surface area contributed by atoms with E-state index in [9.17, 15) is 4.79 Å². The molecule has 3 N–H and O–H groups in total. The predicted molar refractivity (Wildman–Crippen MR) is 82.7 cm³/mol. The summed E-state index contributed by atoms with van der Waals surface area (Å²) in [5, 5.41) is 2.87. The van der Waals surface area contributed by atoms with Gasteiger partial charge in [0.05, 0.1) is 16.1 Å². The number of halogens is 1. The lowest BCUT2D eigenvalue weighted by Gasteiger charge is -2.25. The quantitative estimate of drug-likeness (QED) is 0.833. The van der Waals surface area contributed by atoms with Crippen LogP contribution in [0, 0.1) is 12.3 Å². The third-order valence-corrected chi connectivity index (χ3v) is 4.26. The van der Waals surface area contributed by atoms with Crippen LogP contribution in [0.25, 0.3) is 0 Å². The maximum atomic E-state index is 12.3. The van der Waals surface area contributed by atoms with Crippen molar-refractivity contribution < 1.29 is 4.79 Å². The highest BCUT2D eigenvalue weighted by molar-refractivity contribution is 9.10. The van der Waals surface area contributed by atoms with Gasteiger partial charge in [-0.1, -0.05) is 25.2 Å². The summed E-state index contributed by atoms with van der Waals surface area (Å²) in [7, 11) is 0. The summed E-state index contributed by atoms with van der Waals surface area (Å²) in [6.45, 7) is 5.62. The van der Waals surface area contributed by atoms with Crippen LogP contribution in [-0.4, -0.2) is 10.9 Å². The Kier molecular flexibility index (Phi) is 4.87. The normalized spacial score (nSPS) is 13.8. The zero-order valence-electron chi connectivity index (χ0n) is 10.7. The van der Waals surface area contributed by atoms with Crippen molar-refractivity contribution in [3.63, 3.8) is 0 Å². The smallest absolute Gasteiger partial charge is 0.237 e. The largest absolute Gasteiger partial charge is 0.392 e. The Bertz CT molecular complexity index is 490. The molecule has 1 unspecified atom stereocenters. The molecule has 1 rings (SSSR count). The first-order chi connectivity index (χ1) is 8.31. The number of amides is 1. The Morgan fingerprint density at radius 2 is 2.17 bits per heavy atom. The lowest BCUT2D eigenvalue weighted by molar-refractivity contribution is -0.121. The van der Waals surface area contributed by atoms with Crippen LogP contribution in [0.1, 0.15) is 25.8 Å². The molecule has 0 saturated carbocycles. The highest BCUT2D eigenvalue weighted by atomic mass is 79.9. The predicted octanol–water partition coefficient (Wildman–Crippen LogP) is 3.40. The number of hydrogen-bond donors (Lipinski definition) is 2. The zero-order valence-corrected chi connectivity index (χ0v) is 13.1.